The summed E-state index contributed by atoms with van der Waals surface area (Å²) in [5, 5.41) is 3.11. The van der Waals surface area contributed by atoms with Crippen molar-refractivity contribution in [1.29, 1.82) is 0 Å². The van der Waals surface area contributed by atoms with E-state index in [2.05, 4.69) is 19.2 Å². The Balaban J connectivity index is 0.000000292. The molecule has 14 heavy (non-hydrogen) atoms. The van der Waals surface area contributed by atoms with Gasteiger partial charge in [0, 0.05) is 0 Å². The van der Waals surface area contributed by atoms with Crippen LogP contribution in [-0.4, -0.2) is 28.0 Å². The second-order valence-electron chi connectivity index (χ2n) is 2.32. The Hall–Kier alpha value is -1.63. The van der Waals surface area contributed by atoms with Crippen molar-refractivity contribution in [3.05, 3.63) is 31.5 Å². The van der Waals surface area contributed by atoms with E-state index in [0.717, 1.165) is 13.1 Å². The lowest BCUT2D eigenvalue weighted by Crippen LogP contribution is -2.34. The largest absolute Gasteiger partial charge is 0.330 e. The van der Waals surface area contributed by atoms with E-state index in [-0.39, 0.29) is 0 Å². The maximum atomic E-state index is 10.2. The van der Waals surface area contributed by atoms with E-state index in [1.807, 2.05) is 0 Å². The molecule has 1 rings (SSSR count). The van der Waals surface area contributed by atoms with Gasteiger partial charge in [-0.15, -0.1) is 0 Å². The molecule has 0 atom stereocenters. The Kier molecular flexibility index (Phi) is 6.04. The fraction of sp³-hybridized carbons (Fsp3) is 0.571. The highest BCUT2D eigenvalue weighted by Crippen LogP contribution is 1.47. The molecule has 1 aromatic heterocycles. The van der Waals surface area contributed by atoms with Gasteiger partial charge in [0.25, 0.3) is 0 Å². The molecule has 0 unspecified atom stereocenters. The molecular weight excluding hydrogens is 188 g/mol. The average molecular weight is 202 g/mol. The van der Waals surface area contributed by atoms with Crippen molar-refractivity contribution in [1.82, 2.24) is 20.3 Å². The Morgan fingerprint density at radius 3 is 1.29 bits per heavy atom. The molecular formula is C7H14N4O3. The minimum Gasteiger partial charge on any atom is -0.317 e. The van der Waals surface area contributed by atoms with Crippen LogP contribution in [0.4, 0.5) is 0 Å². The van der Waals surface area contributed by atoms with Gasteiger partial charge in [-0.05, 0) is 13.1 Å². The Bertz CT molecular complexity index is 322. The maximum Gasteiger partial charge on any atom is 0.330 e. The predicted octanol–water partition coefficient (Wildman–Crippen LogP) is -1.63. The lowest BCUT2D eigenvalue weighted by atomic mass is 10.7. The first-order valence-electron chi connectivity index (χ1n) is 4.23. The van der Waals surface area contributed by atoms with Gasteiger partial charge in [0.2, 0.25) is 0 Å². The van der Waals surface area contributed by atoms with Crippen LogP contribution >= 0.6 is 0 Å². The number of hydrogen-bond donors (Lipinski definition) is 4. The molecule has 0 fully saturated rings. The van der Waals surface area contributed by atoms with Gasteiger partial charge >= 0.3 is 17.1 Å². The summed E-state index contributed by atoms with van der Waals surface area (Å²) >= 11 is 0. The summed E-state index contributed by atoms with van der Waals surface area (Å²) < 4.78 is 0. The molecule has 0 aliphatic heterocycles. The number of H-pyrrole nitrogens is 3. The first-order chi connectivity index (χ1) is 6.60. The molecule has 0 bridgehead atoms. The van der Waals surface area contributed by atoms with Crippen LogP contribution in [0, 0.1) is 0 Å². The summed E-state index contributed by atoms with van der Waals surface area (Å²) in [7, 11) is 0. The molecule has 0 spiro atoms. The lowest BCUT2D eigenvalue weighted by Gasteiger charge is -1.86. The number of hydrogen-bond acceptors (Lipinski definition) is 4. The first-order valence-corrected chi connectivity index (χ1v) is 4.23. The molecule has 0 aromatic carbocycles. The van der Waals surface area contributed by atoms with Crippen molar-refractivity contribution in [3.8, 4) is 0 Å². The zero-order valence-corrected chi connectivity index (χ0v) is 8.14. The molecule has 80 valence electrons. The first kappa shape index (κ1) is 12.4. The van der Waals surface area contributed by atoms with E-state index in [1.54, 1.807) is 15.0 Å². The van der Waals surface area contributed by atoms with Crippen molar-refractivity contribution in [3.63, 3.8) is 0 Å². The molecule has 1 aromatic rings. The Morgan fingerprint density at radius 1 is 0.857 bits per heavy atom. The third kappa shape index (κ3) is 5.95. The number of aromatic amines is 3. The summed E-state index contributed by atoms with van der Waals surface area (Å²) in [6, 6.07) is 0. The zero-order valence-electron chi connectivity index (χ0n) is 8.14. The number of rotatable bonds is 2. The third-order valence-corrected chi connectivity index (χ3v) is 1.18. The molecule has 0 aliphatic carbocycles. The molecule has 0 saturated carbocycles. The van der Waals surface area contributed by atoms with Crippen LogP contribution in [0.2, 0.25) is 0 Å². The SMILES string of the molecule is CCNCC.O=c1[nH]c(=O)[nH]c(=O)[nH]1. The minimum absolute atomic E-state index is 0.802. The molecule has 7 nitrogen and oxygen atoms in total. The lowest BCUT2D eigenvalue weighted by molar-refractivity contribution is 0.762. The summed E-state index contributed by atoms with van der Waals surface area (Å²) in [6.45, 7) is 6.39. The van der Waals surface area contributed by atoms with Crippen LogP contribution in [0.3, 0.4) is 0 Å². The summed E-state index contributed by atoms with van der Waals surface area (Å²) in [5.74, 6) is 0. The van der Waals surface area contributed by atoms with Crippen molar-refractivity contribution in [2.75, 3.05) is 13.1 Å². The second kappa shape index (κ2) is 6.84. The topological polar surface area (TPSA) is 111 Å². The van der Waals surface area contributed by atoms with E-state index in [1.165, 1.54) is 0 Å². The fourth-order valence-electron chi connectivity index (χ4n) is 0.653. The molecule has 0 saturated heterocycles. The van der Waals surface area contributed by atoms with E-state index in [9.17, 15) is 14.4 Å². The molecule has 4 N–H and O–H groups in total. The maximum absolute atomic E-state index is 10.2. The van der Waals surface area contributed by atoms with Crippen molar-refractivity contribution in [2.24, 2.45) is 0 Å². The number of nitrogens with one attached hydrogen (secondary N) is 4. The van der Waals surface area contributed by atoms with Crippen LogP contribution in [0.1, 0.15) is 13.8 Å². The van der Waals surface area contributed by atoms with Gasteiger partial charge < -0.3 is 5.32 Å². The summed E-state index contributed by atoms with van der Waals surface area (Å²) in [6.07, 6.45) is 0. The predicted molar refractivity (Wildman–Crippen MR) is 52.5 cm³/mol. The van der Waals surface area contributed by atoms with Crippen LogP contribution in [0.5, 0.6) is 0 Å². The molecule has 0 amide bonds. The van der Waals surface area contributed by atoms with Crippen LogP contribution in [-0.2, 0) is 0 Å². The highest BCUT2D eigenvalue weighted by atomic mass is 16.2. The molecule has 0 radical (unpaired) electrons. The van der Waals surface area contributed by atoms with Gasteiger partial charge in [-0.3, -0.25) is 15.0 Å². The van der Waals surface area contributed by atoms with Gasteiger partial charge in [0.1, 0.15) is 0 Å². The van der Waals surface area contributed by atoms with Gasteiger partial charge in [0.05, 0.1) is 0 Å². The van der Waals surface area contributed by atoms with Crippen LogP contribution in [0.15, 0.2) is 14.4 Å². The monoisotopic (exact) mass is 202 g/mol. The quantitative estimate of drug-likeness (QED) is 0.461. The molecule has 1 heterocycles. The normalized spacial score (nSPS) is 9.00. The minimum atomic E-state index is -0.802. The summed E-state index contributed by atoms with van der Waals surface area (Å²) in [4.78, 5) is 35.9. The second-order valence-corrected chi connectivity index (χ2v) is 2.32. The van der Waals surface area contributed by atoms with Gasteiger partial charge in [0.15, 0.2) is 0 Å². The summed E-state index contributed by atoms with van der Waals surface area (Å²) in [5.41, 5.74) is -2.41. The fourth-order valence-corrected chi connectivity index (χ4v) is 0.653. The van der Waals surface area contributed by atoms with E-state index < -0.39 is 17.1 Å². The van der Waals surface area contributed by atoms with E-state index >= 15 is 0 Å². The Morgan fingerprint density at radius 2 is 1.14 bits per heavy atom. The smallest absolute Gasteiger partial charge is 0.317 e. The molecule has 7 heteroatoms. The van der Waals surface area contributed by atoms with Crippen LogP contribution < -0.4 is 22.4 Å². The third-order valence-electron chi connectivity index (χ3n) is 1.18. The standard InChI is InChI=1S/C4H11N.C3H3N3O3/c1-3-5-4-2;7-1-4-2(8)6-3(9)5-1/h5H,3-4H2,1-2H3;(H3,4,5,6,7,8,9). The highest BCUT2D eigenvalue weighted by molar-refractivity contribution is 4.60. The van der Waals surface area contributed by atoms with Gasteiger partial charge in [-0.2, -0.15) is 0 Å². The van der Waals surface area contributed by atoms with E-state index in [4.69, 9.17) is 0 Å². The van der Waals surface area contributed by atoms with E-state index in [0.29, 0.717) is 0 Å². The zero-order chi connectivity index (χ0) is 11.0. The van der Waals surface area contributed by atoms with Crippen molar-refractivity contribution < 1.29 is 0 Å². The van der Waals surface area contributed by atoms with Gasteiger partial charge in [-0.25, -0.2) is 14.4 Å². The van der Waals surface area contributed by atoms with Gasteiger partial charge in [-0.1, -0.05) is 13.8 Å². The van der Waals surface area contributed by atoms with Crippen molar-refractivity contribution >= 4 is 0 Å². The Labute approximate surface area is 79.6 Å². The highest BCUT2D eigenvalue weighted by Gasteiger charge is 1.85. The average Bonchev–Trinajstić information content (AvgIpc) is 2.03. The number of aromatic nitrogens is 3. The molecule has 0 aliphatic rings. The van der Waals surface area contributed by atoms with Crippen molar-refractivity contribution in [2.45, 2.75) is 13.8 Å². The van der Waals surface area contributed by atoms with Crippen LogP contribution in [0.25, 0.3) is 0 Å².